The second-order valence-corrected chi connectivity index (χ2v) is 15.5. The summed E-state index contributed by atoms with van der Waals surface area (Å²) >= 11 is 0. The number of nitrogens with zero attached hydrogens (tertiary/aromatic N) is 3. The zero-order valence-electron chi connectivity index (χ0n) is 29.3. The molecule has 0 radical (unpaired) electrons. The molecule has 10 heteroatoms. The van der Waals surface area contributed by atoms with Gasteiger partial charge in [-0.2, -0.15) is 0 Å². The SMILES string of the molecule is CN(C(=O)c1cc(N2CCC(CN3CCC(c4ccc(C(=O)NC5C[C@H]6CCC[C@H]6C5)cc4)CC3)CC2)ccc1C=O)C1CCC(=O)NC1=O. The van der Waals surface area contributed by atoms with E-state index in [4.69, 9.17) is 0 Å². The van der Waals surface area contributed by atoms with Crippen molar-refractivity contribution in [3.63, 3.8) is 0 Å². The molecule has 7 rings (SSSR count). The number of carbonyl (C=O) groups is 5. The largest absolute Gasteiger partial charge is 0.371 e. The van der Waals surface area contributed by atoms with Crippen LogP contribution < -0.4 is 15.5 Å². The summed E-state index contributed by atoms with van der Waals surface area (Å²) in [7, 11) is 1.55. The lowest BCUT2D eigenvalue weighted by molar-refractivity contribution is -0.136. The number of likely N-dealkylation sites (tertiary alicyclic amines) is 1. The van der Waals surface area contributed by atoms with E-state index in [9.17, 15) is 24.0 Å². The van der Waals surface area contributed by atoms with Gasteiger partial charge in [-0.3, -0.25) is 29.3 Å². The van der Waals surface area contributed by atoms with Crippen molar-refractivity contribution in [3.8, 4) is 0 Å². The molecule has 2 saturated carbocycles. The van der Waals surface area contributed by atoms with Crippen LogP contribution in [0.4, 0.5) is 5.69 Å². The molecule has 2 aromatic rings. The predicted molar refractivity (Wildman–Crippen MR) is 191 cm³/mol. The zero-order valence-corrected chi connectivity index (χ0v) is 29.3. The van der Waals surface area contributed by atoms with Gasteiger partial charge in [-0.25, -0.2) is 0 Å². The van der Waals surface area contributed by atoms with E-state index in [0.717, 1.165) is 94.3 Å². The molecular weight excluding hydrogens is 630 g/mol. The molecular formula is C40H51N5O5. The van der Waals surface area contributed by atoms with Crippen molar-refractivity contribution in [2.75, 3.05) is 44.7 Å². The minimum atomic E-state index is -0.747. The number of likely N-dealkylation sites (N-methyl/N-ethyl adjacent to an activating group) is 1. The number of amides is 4. The van der Waals surface area contributed by atoms with Crippen molar-refractivity contribution < 1.29 is 24.0 Å². The Hall–Kier alpha value is -4.05. The van der Waals surface area contributed by atoms with Gasteiger partial charge in [0.05, 0.1) is 5.56 Å². The number of rotatable bonds is 9. The van der Waals surface area contributed by atoms with E-state index in [0.29, 0.717) is 29.7 Å². The molecule has 0 bridgehead atoms. The minimum absolute atomic E-state index is 0.0756. The molecule has 2 unspecified atom stereocenters. The molecule has 5 fully saturated rings. The Morgan fingerprint density at radius 2 is 1.60 bits per heavy atom. The molecule has 0 aromatic heterocycles. The standard InChI is InChI=1S/C40H51N5O5/c1-43(36-11-12-37(47)42-39(36)49)40(50)35-23-34(10-9-32(35)25-46)45-19-13-26(14-20-45)24-44-17-15-28(16-18-44)27-5-7-29(8-6-27)38(48)41-33-21-30-3-2-4-31(30)22-33/h5-10,23,25-26,28,30-31,33,36H,2-4,11-22,24H2,1H3,(H,41,48)(H,42,47,49)/t30-,31+,33?,36?. The van der Waals surface area contributed by atoms with Crippen molar-refractivity contribution in [1.29, 1.82) is 0 Å². The Labute approximate surface area is 295 Å². The van der Waals surface area contributed by atoms with Crippen molar-refractivity contribution in [1.82, 2.24) is 20.4 Å². The second-order valence-electron chi connectivity index (χ2n) is 15.5. The maximum absolute atomic E-state index is 13.5. The fourth-order valence-electron chi connectivity index (χ4n) is 9.45. The highest BCUT2D eigenvalue weighted by molar-refractivity contribution is 6.06. The lowest BCUT2D eigenvalue weighted by Crippen LogP contribution is -2.53. The van der Waals surface area contributed by atoms with Crippen LogP contribution in [0.3, 0.4) is 0 Å². The molecule has 2 aliphatic carbocycles. The summed E-state index contributed by atoms with van der Waals surface area (Å²) in [5.74, 6) is 1.64. The van der Waals surface area contributed by atoms with E-state index in [1.807, 2.05) is 18.2 Å². The van der Waals surface area contributed by atoms with Crippen molar-refractivity contribution in [3.05, 3.63) is 64.7 Å². The molecule has 3 saturated heterocycles. The topological polar surface area (TPSA) is 119 Å². The van der Waals surface area contributed by atoms with Gasteiger partial charge in [-0.1, -0.05) is 31.4 Å². The van der Waals surface area contributed by atoms with Crippen LogP contribution in [-0.2, 0) is 9.59 Å². The van der Waals surface area contributed by atoms with Crippen LogP contribution in [0.1, 0.15) is 113 Å². The number of hydrogen-bond donors (Lipinski definition) is 2. The number of fused-ring (bicyclic) bond motifs is 1. The Balaban J connectivity index is 0.865. The molecule has 5 aliphatic rings. The van der Waals surface area contributed by atoms with E-state index in [2.05, 4.69) is 32.6 Å². The molecule has 3 aliphatic heterocycles. The summed E-state index contributed by atoms with van der Waals surface area (Å²) in [6.45, 7) is 5.00. The quantitative estimate of drug-likeness (QED) is 0.289. The van der Waals surface area contributed by atoms with Crippen molar-refractivity contribution in [2.24, 2.45) is 17.8 Å². The molecule has 10 nitrogen and oxygen atoms in total. The lowest BCUT2D eigenvalue weighted by Gasteiger charge is -2.38. The van der Waals surface area contributed by atoms with E-state index >= 15 is 0 Å². The summed E-state index contributed by atoms with van der Waals surface area (Å²) < 4.78 is 0. The van der Waals surface area contributed by atoms with Crippen molar-refractivity contribution >= 4 is 35.6 Å². The van der Waals surface area contributed by atoms with Crippen LogP contribution in [-0.4, -0.2) is 91.6 Å². The van der Waals surface area contributed by atoms with Gasteiger partial charge in [0.15, 0.2) is 6.29 Å². The van der Waals surface area contributed by atoms with Gasteiger partial charge in [-0.05, 0) is 118 Å². The van der Waals surface area contributed by atoms with Crippen LogP contribution in [0.25, 0.3) is 0 Å². The minimum Gasteiger partial charge on any atom is -0.371 e. The molecule has 2 aromatic carbocycles. The van der Waals surface area contributed by atoms with Crippen molar-refractivity contribution in [2.45, 2.75) is 88.6 Å². The third-order valence-corrected chi connectivity index (χ3v) is 12.4. The van der Waals surface area contributed by atoms with Gasteiger partial charge < -0.3 is 20.0 Å². The van der Waals surface area contributed by atoms with Crippen LogP contribution in [0, 0.1) is 17.8 Å². The summed E-state index contributed by atoms with van der Waals surface area (Å²) in [4.78, 5) is 68.5. The number of benzene rings is 2. The Morgan fingerprint density at radius 3 is 2.26 bits per heavy atom. The van der Waals surface area contributed by atoms with Crippen LogP contribution in [0.2, 0.25) is 0 Å². The number of aldehydes is 1. The molecule has 4 atom stereocenters. The van der Waals surface area contributed by atoms with Crippen LogP contribution in [0.15, 0.2) is 42.5 Å². The van der Waals surface area contributed by atoms with Gasteiger partial charge in [0, 0.05) is 56.0 Å². The summed E-state index contributed by atoms with van der Waals surface area (Å²) in [5.41, 5.74) is 3.58. The van der Waals surface area contributed by atoms with E-state index < -0.39 is 17.9 Å². The molecule has 0 spiro atoms. The van der Waals surface area contributed by atoms with E-state index in [1.54, 1.807) is 19.2 Å². The number of anilines is 1. The van der Waals surface area contributed by atoms with Gasteiger partial charge in [-0.15, -0.1) is 0 Å². The number of piperidine rings is 3. The summed E-state index contributed by atoms with van der Waals surface area (Å²) in [6, 6.07) is 13.3. The Morgan fingerprint density at radius 1 is 0.900 bits per heavy atom. The average molecular weight is 682 g/mol. The van der Waals surface area contributed by atoms with Gasteiger partial charge in [0.25, 0.3) is 11.8 Å². The number of nitrogens with one attached hydrogen (secondary N) is 2. The predicted octanol–water partition coefficient (Wildman–Crippen LogP) is 4.78. The molecule has 2 N–H and O–H groups in total. The first-order valence-corrected chi connectivity index (χ1v) is 18.8. The third kappa shape index (κ3) is 7.50. The maximum Gasteiger partial charge on any atom is 0.255 e. The maximum atomic E-state index is 13.5. The van der Waals surface area contributed by atoms with E-state index in [-0.39, 0.29) is 30.2 Å². The average Bonchev–Trinajstić information content (AvgIpc) is 3.74. The molecule has 3 heterocycles. The highest BCUT2D eigenvalue weighted by atomic mass is 16.2. The normalized spacial score (nSPS) is 26.4. The fourth-order valence-corrected chi connectivity index (χ4v) is 9.45. The summed E-state index contributed by atoms with van der Waals surface area (Å²) in [5, 5.41) is 5.62. The van der Waals surface area contributed by atoms with Crippen LogP contribution >= 0.6 is 0 Å². The zero-order chi connectivity index (χ0) is 34.8. The van der Waals surface area contributed by atoms with Gasteiger partial charge in [0.2, 0.25) is 11.8 Å². The van der Waals surface area contributed by atoms with E-state index in [1.165, 1.54) is 29.7 Å². The monoisotopic (exact) mass is 681 g/mol. The molecule has 4 amide bonds. The first kappa shape index (κ1) is 34.4. The smallest absolute Gasteiger partial charge is 0.255 e. The molecule has 50 heavy (non-hydrogen) atoms. The third-order valence-electron chi connectivity index (χ3n) is 12.4. The number of imide groups is 1. The Kier molecular flexibility index (Phi) is 10.4. The highest BCUT2D eigenvalue weighted by Gasteiger charge is 2.38. The Bertz CT molecular complexity index is 1580. The van der Waals surface area contributed by atoms with Gasteiger partial charge >= 0.3 is 0 Å². The summed E-state index contributed by atoms with van der Waals surface area (Å²) in [6.07, 6.45) is 11.8. The first-order chi connectivity index (χ1) is 24.2. The number of carbonyl (C=O) groups excluding carboxylic acids is 5. The first-order valence-electron chi connectivity index (χ1n) is 18.8. The number of hydrogen-bond acceptors (Lipinski definition) is 7. The van der Waals surface area contributed by atoms with Gasteiger partial charge in [0.1, 0.15) is 6.04 Å². The lowest BCUT2D eigenvalue weighted by atomic mass is 9.88. The fraction of sp³-hybridized carbons (Fsp3) is 0.575. The molecule has 266 valence electrons. The second kappa shape index (κ2) is 15.1. The highest BCUT2D eigenvalue weighted by Crippen LogP contribution is 2.44. The van der Waals surface area contributed by atoms with Crippen LogP contribution in [0.5, 0.6) is 0 Å².